The lowest BCUT2D eigenvalue weighted by atomic mass is 10.0. The molecule has 0 bridgehead atoms. The first kappa shape index (κ1) is 23.7. The Morgan fingerprint density at radius 1 is 1.07 bits per heavy atom. The van der Waals surface area contributed by atoms with E-state index in [2.05, 4.69) is 4.74 Å². The molecular weight excluding hydrogens is 436 g/mol. The van der Waals surface area contributed by atoms with E-state index >= 15 is 0 Å². The summed E-state index contributed by atoms with van der Waals surface area (Å²) >= 11 is 1.91. The van der Waals surface area contributed by atoms with Gasteiger partial charge in [-0.1, -0.05) is 0 Å². The second-order valence-electron chi connectivity index (χ2n) is 5.68. The van der Waals surface area contributed by atoms with Crippen LogP contribution in [-0.2, 0) is 30.4 Å². The molecule has 2 heterocycles. The molecular formula is C14H20N2O7S4. The molecule has 2 aromatic heterocycles. The second kappa shape index (κ2) is 8.77. The van der Waals surface area contributed by atoms with Crippen LogP contribution in [0.4, 0.5) is 0 Å². The molecule has 0 unspecified atom stereocenters. The van der Waals surface area contributed by atoms with Crippen molar-refractivity contribution in [3.63, 3.8) is 0 Å². The largest absolute Gasteiger partial charge is 0.462 e. The van der Waals surface area contributed by atoms with E-state index in [-0.39, 0.29) is 20.6 Å². The molecule has 0 radical (unpaired) electrons. The van der Waals surface area contributed by atoms with E-state index in [9.17, 15) is 26.7 Å². The zero-order valence-electron chi connectivity index (χ0n) is 14.7. The summed E-state index contributed by atoms with van der Waals surface area (Å²) in [5.74, 6) is -0.543. The number of aliphatic hydroxyl groups is 1. The maximum absolute atomic E-state index is 11.1. The van der Waals surface area contributed by atoms with Crippen LogP contribution in [0.5, 0.6) is 0 Å². The molecule has 13 heteroatoms. The number of nitrogens with two attached hydrogens (primary N) is 2. The highest BCUT2D eigenvalue weighted by Gasteiger charge is 2.20. The number of rotatable bonds is 5. The van der Waals surface area contributed by atoms with Crippen LogP contribution in [0.15, 0.2) is 31.3 Å². The van der Waals surface area contributed by atoms with Crippen molar-refractivity contribution < 1.29 is 31.5 Å². The highest BCUT2D eigenvalue weighted by Crippen LogP contribution is 2.27. The lowest BCUT2D eigenvalue weighted by Gasteiger charge is -2.14. The number of ether oxygens (including phenoxy) is 1. The van der Waals surface area contributed by atoms with Crippen molar-refractivity contribution in [2.75, 3.05) is 6.61 Å². The second-order valence-corrected chi connectivity index (χ2v) is 11.1. The Morgan fingerprint density at radius 2 is 1.56 bits per heavy atom. The third kappa shape index (κ3) is 7.29. The fraction of sp³-hybridized carbons (Fsp3) is 0.357. The van der Waals surface area contributed by atoms with Crippen LogP contribution in [0.3, 0.4) is 0 Å². The van der Waals surface area contributed by atoms with Crippen LogP contribution < -0.4 is 10.3 Å². The summed E-state index contributed by atoms with van der Waals surface area (Å²) < 4.78 is 48.2. The van der Waals surface area contributed by atoms with Gasteiger partial charge in [0.25, 0.3) is 0 Å². The number of carbonyl (C=O) groups is 1. The lowest BCUT2D eigenvalue weighted by molar-refractivity contribution is 0.0526. The molecule has 0 aliphatic heterocycles. The van der Waals surface area contributed by atoms with Gasteiger partial charge in [-0.2, -0.15) is 0 Å². The molecule has 9 nitrogen and oxygen atoms in total. The number of hydrogen-bond donors (Lipinski definition) is 3. The molecule has 0 aliphatic carbocycles. The van der Waals surface area contributed by atoms with Crippen molar-refractivity contribution >= 4 is 48.7 Å². The quantitative estimate of drug-likeness (QED) is 0.568. The first-order chi connectivity index (χ1) is 12.2. The Labute approximate surface area is 165 Å². The van der Waals surface area contributed by atoms with Gasteiger partial charge in [0.05, 0.1) is 17.8 Å². The summed E-state index contributed by atoms with van der Waals surface area (Å²) in [5, 5.41) is 22.3. The van der Waals surface area contributed by atoms with E-state index in [1.807, 2.05) is 0 Å². The SMILES string of the molecule is CC(C)(O)c1csc(S(N)(=O)=O)c1.CCOC(=O)c1csc(S(N)(=O)=O)c1. The number of hydrogen-bond acceptors (Lipinski definition) is 9. The molecule has 27 heavy (non-hydrogen) atoms. The Balaban J connectivity index is 0.000000271. The maximum Gasteiger partial charge on any atom is 0.339 e. The van der Waals surface area contributed by atoms with Crippen LogP contribution in [0.2, 0.25) is 0 Å². The van der Waals surface area contributed by atoms with Crippen molar-refractivity contribution in [1.29, 1.82) is 0 Å². The Hall–Kier alpha value is -1.35. The van der Waals surface area contributed by atoms with Crippen molar-refractivity contribution in [2.45, 2.75) is 34.8 Å². The smallest absolute Gasteiger partial charge is 0.339 e. The third-order valence-corrected chi connectivity index (χ3v) is 7.70. The fourth-order valence-corrected chi connectivity index (χ4v) is 4.91. The number of thiophene rings is 2. The van der Waals surface area contributed by atoms with Gasteiger partial charge in [-0.05, 0) is 43.8 Å². The van der Waals surface area contributed by atoms with Gasteiger partial charge in [0.2, 0.25) is 20.0 Å². The summed E-state index contributed by atoms with van der Waals surface area (Å²) in [6.45, 7) is 5.09. The molecule has 0 atom stereocenters. The predicted octanol–water partition coefficient (Wildman–Crippen LogP) is 1.20. The molecule has 5 N–H and O–H groups in total. The average molecular weight is 457 g/mol. The van der Waals surface area contributed by atoms with Gasteiger partial charge < -0.3 is 9.84 Å². The zero-order valence-corrected chi connectivity index (χ0v) is 18.0. The van der Waals surface area contributed by atoms with Gasteiger partial charge in [0.15, 0.2) is 0 Å². The molecule has 0 saturated carbocycles. The van der Waals surface area contributed by atoms with E-state index < -0.39 is 31.6 Å². The van der Waals surface area contributed by atoms with Gasteiger partial charge in [-0.25, -0.2) is 31.9 Å². The number of sulfonamides is 2. The number of carbonyl (C=O) groups excluding carboxylic acids is 1. The van der Waals surface area contributed by atoms with Gasteiger partial charge in [-0.15, -0.1) is 22.7 Å². The van der Waals surface area contributed by atoms with Gasteiger partial charge >= 0.3 is 5.97 Å². The zero-order chi connectivity index (χ0) is 21.0. The average Bonchev–Trinajstić information content (AvgIpc) is 3.16. The third-order valence-electron chi connectivity index (χ3n) is 2.93. The maximum atomic E-state index is 11.1. The van der Waals surface area contributed by atoms with E-state index in [0.29, 0.717) is 5.56 Å². The highest BCUT2D eigenvalue weighted by atomic mass is 32.3. The number of primary sulfonamides is 2. The van der Waals surface area contributed by atoms with E-state index in [1.54, 1.807) is 26.2 Å². The summed E-state index contributed by atoms with van der Waals surface area (Å²) in [6.07, 6.45) is 0. The van der Waals surface area contributed by atoms with Gasteiger partial charge in [0.1, 0.15) is 8.42 Å². The standard InChI is InChI=1S/C7H9NO4S2.C7H11NO3S2/c1-2-12-7(9)5-3-6(13-4-5)14(8,10)11;1-7(2,9)5-3-6(12-4-5)13(8,10)11/h3-4H,2H2,1H3,(H2,8,10,11);3-4,9H,1-2H3,(H2,8,10,11). The monoisotopic (exact) mass is 456 g/mol. The van der Waals surface area contributed by atoms with Crippen LogP contribution in [-0.4, -0.2) is 34.5 Å². The molecule has 0 aliphatic rings. The summed E-state index contributed by atoms with van der Waals surface area (Å²) in [6, 6.07) is 2.60. The van der Waals surface area contributed by atoms with Crippen LogP contribution in [0.1, 0.15) is 36.7 Å². The van der Waals surface area contributed by atoms with E-state index in [1.165, 1.54) is 17.5 Å². The van der Waals surface area contributed by atoms with Crippen LogP contribution in [0, 0.1) is 0 Å². The molecule has 2 rings (SSSR count). The highest BCUT2D eigenvalue weighted by molar-refractivity contribution is 7.91. The Kier molecular flexibility index (Phi) is 7.69. The molecule has 152 valence electrons. The van der Waals surface area contributed by atoms with Crippen LogP contribution >= 0.6 is 22.7 Å². The molecule has 0 aromatic carbocycles. The first-order valence-corrected chi connectivity index (χ1v) is 12.1. The first-order valence-electron chi connectivity index (χ1n) is 7.29. The van der Waals surface area contributed by atoms with E-state index in [4.69, 9.17) is 10.3 Å². The normalized spacial score (nSPS) is 12.2. The minimum Gasteiger partial charge on any atom is -0.462 e. The minimum atomic E-state index is -3.72. The Bertz CT molecular complexity index is 998. The molecule has 2 aromatic rings. The van der Waals surface area contributed by atoms with Crippen LogP contribution in [0.25, 0.3) is 0 Å². The van der Waals surface area contributed by atoms with Gasteiger partial charge in [0, 0.05) is 5.38 Å². The molecule has 0 fully saturated rings. The summed E-state index contributed by atoms with van der Waals surface area (Å²) in [7, 11) is -7.35. The van der Waals surface area contributed by atoms with Crippen molar-refractivity contribution in [3.8, 4) is 0 Å². The van der Waals surface area contributed by atoms with Crippen molar-refractivity contribution in [1.82, 2.24) is 0 Å². The predicted molar refractivity (Wildman–Crippen MR) is 103 cm³/mol. The number of esters is 1. The lowest BCUT2D eigenvalue weighted by Crippen LogP contribution is -2.15. The fourth-order valence-electron chi connectivity index (χ4n) is 1.57. The molecule has 0 saturated heterocycles. The van der Waals surface area contributed by atoms with Gasteiger partial charge in [-0.3, -0.25) is 0 Å². The minimum absolute atomic E-state index is 0.0412. The molecule has 0 spiro atoms. The molecule has 0 amide bonds. The topological polar surface area (TPSA) is 167 Å². The summed E-state index contributed by atoms with van der Waals surface area (Å²) in [4.78, 5) is 11.1. The van der Waals surface area contributed by atoms with Crippen molar-refractivity contribution in [3.05, 3.63) is 34.0 Å². The van der Waals surface area contributed by atoms with E-state index in [0.717, 1.165) is 22.7 Å². The summed E-state index contributed by atoms with van der Waals surface area (Å²) in [5.41, 5.74) is -0.262. The Morgan fingerprint density at radius 3 is 1.89 bits per heavy atom. The van der Waals surface area contributed by atoms with Crippen molar-refractivity contribution in [2.24, 2.45) is 10.3 Å².